The molecule has 1 N–H and O–H groups in total. The molecule has 31 heavy (non-hydrogen) atoms. The summed E-state index contributed by atoms with van der Waals surface area (Å²) in [6.07, 6.45) is 4.25. The molecule has 0 saturated carbocycles. The molecule has 3 aromatic heterocycles. The Balaban J connectivity index is 1.30. The average Bonchev–Trinajstić information content (AvgIpc) is 3.07. The van der Waals surface area contributed by atoms with Gasteiger partial charge in [-0.15, -0.1) is 5.10 Å². The number of pyridine rings is 2. The summed E-state index contributed by atoms with van der Waals surface area (Å²) in [5.74, 6) is 2.03. The summed E-state index contributed by atoms with van der Waals surface area (Å²) in [5, 5.41) is 8.10. The van der Waals surface area contributed by atoms with E-state index in [1.54, 1.807) is 4.68 Å². The molecule has 1 saturated heterocycles. The second-order valence-corrected chi connectivity index (χ2v) is 8.47. The van der Waals surface area contributed by atoms with E-state index in [2.05, 4.69) is 32.2 Å². The molecule has 0 aromatic carbocycles. The van der Waals surface area contributed by atoms with E-state index in [1.807, 2.05) is 45.3 Å². The molecule has 1 aliphatic rings. The Kier molecular flexibility index (Phi) is 6.06. The van der Waals surface area contributed by atoms with Crippen molar-refractivity contribution in [1.82, 2.24) is 25.1 Å². The maximum atomic E-state index is 12.3. The van der Waals surface area contributed by atoms with Crippen molar-refractivity contribution in [3.05, 3.63) is 41.2 Å². The number of nitrogens with one attached hydrogen (secondary N) is 1. The third kappa shape index (κ3) is 4.78. The number of rotatable bonds is 6. The molecule has 0 aliphatic carbocycles. The molecule has 0 radical (unpaired) electrons. The standard InChI is InChI=1S/C23H30N6O2/c1-15-7-9-29(10-8-15)19-6-5-18(12-24-19)13-25-20(30)14-31-23-21-16(2)11-17(3)26-22(21)28(4)27-23/h5-6,11-12,15H,7-10,13-14H2,1-4H3,(H,25,30). The molecule has 0 bridgehead atoms. The van der Waals surface area contributed by atoms with Crippen LogP contribution in [0.2, 0.25) is 0 Å². The molecule has 164 valence electrons. The molecule has 0 unspecified atom stereocenters. The maximum absolute atomic E-state index is 12.3. The molecule has 4 rings (SSSR count). The third-order valence-corrected chi connectivity index (χ3v) is 5.83. The Bertz CT molecular complexity index is 1070. The van der Waals surface area contributed by atoms with Crippen LogP contribution in [-0.4, -0.2) is 45.4 Å². The highest BCUT2D eigenvalue weighted by atomic mass is 16.5. The number of hydrogen-bond donors (Lipinski definition) is 1. The van der Waals surface area contributed by atoms with Crippen LogP contribution in [0, 0.1) is 19.8 Å². The lowest BCUT2D eigenvalue weighted by Gasteiger charge is -2.31. The van der Waals surface area contributed by atoms with Gasteiger partial charge in [0.2, 0.25) is 5.88 Å². The Morgan fingerprint density at radius 3 is 2.74 bits per heavy atom. The minimum Gasteiger partial charge on any atom is -0.466 e. The van der Waals surface area contributed by atoms with Gasteiger partial charge in [0, 0.05) is 38.6 Å². The van der Waals surface area contributed by atoms with Crippen molar-refractivity contribution >= 4 is 22.8 Å². The van der Waals surface area contributed by atoms with Gasteiger partial charge in [-0.05, 0) is 55.9 Å². The van der Waals surface area contributed by atoms with Crippen LogP contribution in [0.3, 0.4) is 0 Å². The second kappa shape index (κ2) is 8.91. The zero-order valence-corrected chi connectivity index (χ0v) is 18.7. The van der Waals surface area contributed by atoms with Gasteiger partial charge < -0.3 is 15.0 Å². The van der Waals surface area contributed by atoms with Crippen molar-refractivity contribution < 1.29 is 9.53 Å². The van der Waals surface area contributed by atoms with E-state index in [1.165, 1.54) is 12.8 Å². The predicted octanol–water partition coefficient (Wildman–Crippen LogP) is 2.91. The lowest BCUT2D eigenvalue weighted by atomic mass is 9.99. The Labute approximate surface area is 182 Å². The number of fused-ring (bicyclic) bond motifs is 1. The van der Waals surface area contributed by atoms with Crippen LogP contribution < -0.4 is 15.0 Å². The topological polar surface area (TPSA) is 85.2 Å². The van der Waals surface area contributed by atoms with Gasteiger partial charge in [-0.1, -0.05) is 13.0 Å². The van der Waals surface area contributed by atoms with Gasteiger partial charge in [0.1, 0.15) is 5.82 Å². The van der Waals surface area contributed by atoms with Crippen molar-refractivity contribution in [3.8, 4) is 5.88 Å². The van der Waals surface area contributed by atoms with Gasteiger partial charge in [-0.3, -0.25) is 4.79 Å². The van der Waals surface area contributed by atoms with Gasteiger partial charge in [0.15, 0.2) is 12.3 Å². The molecule has 0 spiro atoms. The van der Waals surface area contributed by atoms with Crippen molar-refractivity contribution in [2.75, 3.05) is 24.6 Å². The van der Waals surface area contributed by atoms with E-state index in [4.69, 9.17) is 4.74 Å². The summed E-state index contributed by atoms with van der Waals surface area (Å²) in [6.45, 7) is 8.66. The SMILES string of the molecule is Cc1cc(C)c2c(OCC(=O)NCc3ccc(N4CCC(C)CC4)nc3)nn(C)c2n1. The summed E-state index contributed by atoms with van der Waals surface area (Å²) in [4.78, 5) is 23.7. The molecule has 0 atom stereocenters. The third-order valence-electron chi connectivity index (χ3n) is 5.83. The fourth-order valence-electron chi connectivity index (χ4n) is 3.98. The summed E-state index contributed by atoms with van der Waals surface area (Å²) in [6, 6.07) is 6.04. The molecule has 1 aliphatic heterocycles. The summed E-state index contributed by atoms with van der Waals surface area (Å²) >= 11 is 0. The van der Waals surface area contributed by atoms with E-state index in [9.17, 15) is 4.79 Å². The van der Waals surface area contributed by atoms with Crippen molar-refractivity contribution in [1.29, 1.82) is 0 Å². The minimum atomic E-state index is -0.203. The van der Waals surface area contributed by atoms with Crippen LogP contribution in [0.25, 0.3) is 11.0 Å². The van der Waals surface area contributed by atoms with Gasteiger partial charge in [0.05, 0.1) is 5.39 Å². The van der Waals surface area contributed by atoms with E-state index in [0.29, 0.717) is 12.4 Å². The first-order chi connectivity index (χ1) is 14.9. The monoisotopic (exact) mass is 422 g/mol. The van der Waals surface area contributed by atoms with Gasteiger partial charge >= 0.3 is 0 Å². The average molecular weight is 423 g/mol. The number of anilines is 1. The highest BCUT2D eigenvalue weighted by Crippen LogP contribution is 2.27. The van der Waals surface area contributed by atoms with Gasteiger partial charge in [0.25, 0.3) is 5.91 Å². The number of ether oxygens (including phenoxy) is 1. The lowest BCUT2D eigenvalue weighted by Crippen LogP contribution is -2.33. The number of piperidine rings is 1. The first kappa shape index (κ1) is 21.1. The number of carbonyl (C=O) groups excluding carboxylic acids is 1. The van der Waals surface area contributed by atoms with Crippen LogP contribution in [0.5, 0.6) is 5.88 Å². The van der Waals surface area contributed by atoms with E-state index in [-0.39, 0.29) is 12.5 Å². The Morgan fingerprint density at radius 2 is 2.03 bits per heavy atom. The number of carbonyl (C=O) groups is 1. The van der Waals surface area contributed by atoms with E-state index in [0.717, 1.165) is 52.7 Å². The zero-order chi connectivity index (χ0) is 22.0. The number of hydrogen-bond acceptors (Lipinski definition) is 6. The molecule has 4 heterocycles. The molecule has 8 nitrogen and oxygen atoms in total. The van der Waals surface area contributed by atoms with Gasteiger partial charge in [-0.2, -0.15) is 0 Å². The fourth-order valence-corrected chi connectivity index (χ4v) is 3.98. The molecule has 1 fully saturated rings. The minimum absolute atomic E-state index is 0.100. The molecular weight excluding hydrogens is 392 g/mol. The molecule has 1 amide bonds. The summed E-state index contributed by atoms with van der Waals surface area (Å²) in [5.41, 5.74) is 3.66. The van der Waals surface area contributed by atoms with E-state index >= 15 is 0 Å². The smallest absolute Gasteiger partial charge is 0.258 e. The number of amides is 1. The highest BCUT2D eigenvalue weighted by molar-refractivity contribution is 5.85. The van der Waals surface area contributed by atoms with Crippen LogP contribution >= 0.6 is 0 Å². The summed E-state index contributed by atoms with van der Waals surface area (Å²) < 4.78 is 7.39. The maximum Gasteiger partial charge on any atom is 0.258 e. The number of aryl methyl sites for hydroxylation is 3. The number of aromatic nitrogens is 4. The molecule has 3 aromatic rings. The Morgan fingerprint density at radius 1 is 1.26 bits per heavy atom. The quantitative estimate of drug-likeness (QED) is 0.657. The predicted molar refractivity (Wildman–Crippen MR) is 120 cm³/mol. The first-order valence-electron chi connectivity index (χ1n) is 10.8. The van der Waals surface area contributed by atoms with Crippen LogP contribution in [0.1, 0.15) is 36.6 Å². The largest absolute Gasteiger partial charge is 0.466 e. The number of nitrogens with zero attached hydrogens (tertiary/aromatic N) is 5. The van der Waals surface area contributed by atoms with Crippen molar-refractivity contribution in [2.24, 2.45) is 13.0 Å². The zero-order valence-electron chi connectivity index (χ0n) is 18.7. The lowest BCUT2D eigenvalue weighted by molar-refractivity contribution is -0.123. The molecule has 8 heteroatoms. The Hall–Kier alpha value is -3.16. The van der Waals surface area contributed by atoms with Crippen LogP contribution in [-0.2, 0) is 18.4 Å². The first-order valence-corrected chi connectivity index (χ1v) is 10.8. The normalized spacial score (nSPS) is 14.8. The van der Waals surface area contributed by atoms with Crippen molar-refractivity contribution in [3.63, 3.8) is 0 Å². The van der Waals surface area contributed by atoms with Gasteiger partial charge in [-0.25, -0.2) is 14.6 Å². The second-order valence-electron chi connectivity index (χ2n) is 8.47. The van der Waals surface area contributed by atoms with Crippen molar-refractivity contribution in [2.45, 2.75) is 40.2 Å². The molecular formula is C23H30N6O2. The van der Waals surface area contributed by atoms with E-state index < -0.39 is 0 Å². The highest BCUT2D eigenvalue weighted by Gasteiger charge is 2.17. The van der Waals surface area contributed by atoms with Crippen LogP contribution in [0.15, 0.2) is 24.4 Å². The van der Waals surface area contributed by atoms with Crippen LogP contribution in [0.4, 0.5) is 5.82 Å². The fraction of sp³-hybridized carbons (Fsp3) is 0.478. The summed E-state index contributed by atoms with van der Waals surface area (Å²) in [7, 11) is 1.82.